The van der Waals surface area contributed by atoms with Gasteiger partial charge in [-0.3, -0.25) is 0 Å². The van der Waals surface area contributed by atoms with Crippen molar-refractivity contribution in [1.29, 1.82) is 0 Å². The third kappa shape index (κ3) is 4.72. The van der Waals surface area contributed by atoms with E-state index in [0.717, 1.165) is 17.1 Å². The molecular weight excluding hydrogens is 617 g/mol. The van der Waals surface area contributed by atoms with Crippen molar-refractivity contribution in [3.8, 4) is 22.3 Å². The van der Waals surface area contributed by atoms with Crippen LogP contribution in [0.1, 0.15) is 0 Å². The minimum absolute atomic E-state index is 1.12. The average Bonchev–Trinajstić information content (AvgIpc) is 3.51. The van der Waals surface area contributed by atoms with Crippen molar-refractivity contribution in [1.82, 2.24) is 4.57 Å². The van der Waals surface area contributed by atoms with E-state index in [1.807, 2.05) is 0 Å². The molecule has 0 aliphatic carbocycles. The second-order valence-corrected chi connectivity index (χ2v) is 13.4. The molecule has 0 aliphatic rings. The maximum Gasteiger partial charge on any atom is 0.0575 e. The fourth-order valence-electron chi connectivity index (χ4n) is 8.18. The van der Waals surface area contributed by atoms with Crippen LogP contribution in [-0.4, -0.2) is 4.57 Å². The highest BCUT2D eigenvalue weighted by molar-refractivity contribution is 6.32. The molecular formula is C49H34N2. The molecule has 0 amide bonds. The highest BCUT2D eigenvalue weighted by Crippen LogP contribution is 2.43. The molecule has 0 saturated heterocycles. The van der Waals surface area contributed by atoms with Gasteiger partial charge < -0.3 is 9.47 Å². The van der Waals surface area contributed by atoms with Gasteiger partial charge in [0.05, 0.1) is 11.0 Å². The van der Waals surface area contributed by atoms with Crippen molar-refractivity contribution in [3.63, 3.8) is 0 Å². The highest BCUT2D eigenvalue weighted by atomic mass is 15.1. The van der Waals surface area contributed by atoms with Crippen molar-refractivity contribution < 1.29 is 0 Å². The van der Waals surface area contributed by atoms with Crippen molar-refractivity contribution in [2.45, 2.75) is 0 Å². The Morgan fingerprint density at radius 3 is 1.63 bits per heavy atom. The Morgan fingerprint density at radius 2 is 0.882 bits per heavy atom. The van der Waals surface area contributed by atoms with Crippen LogP contribution in [0, 0.1) is 0 Å². The fourth-order valence-corrected chi connectivity index (χ4v) is 8.18. The summed E-state index contributed by atoms with van der Waals surface area (Å²) in [5.74, 6) is 0. The molecule has 0 bridgehead atoms. The van der Waals surface area contributed by atoms with Gasteiger partial charge in [-0.15, -0.1) is 0 Å². The average molecular weight is 651 g/mol. The molecule has 0 saturated carbocycles. The van der Waals surface area contributed by atoms with E-state index in [1.165, 1.54) is 76.4 Å². The lowest BCUT2D eigenvalue weighted by Crippen LogP contribution is -2.09. The molecule has 0 fully saturated rings. The first kappa shape index (κ1) is 29.3. The lowest BCUT2D eigenvalue weighted by molar-refractivity contribution is 1.02. The second kappa shape index (κ2) is 11.8. The molecule has 1 heterocycles. The predicted octanol–water partition coefficient (Wildman–Crippen LogP) is 13.6. The van der Waals surface area contributed by atoms with E-state index in [0.29, 0.717) is 0 Å². The van der Waals surface area contributed by atoms with Crippen molar-refractivity contribution in [2.24, 2.45) is 7.05 Å². The molecule has 10 aromatic rings. The summed E-state index contributed by atoms with van der Waals surface area (Å²) in [7, 11) is 2.22. The van der Waals surface area contributed by atoms with E-state index in [-0.39, 0.29) is 0 Å². The molecule has 0 aliphatic heterocycles. The molecule has 0 radical (unpaired) electrons. The Bertz CT molecular complexity index is 2900. The Morgan fingerprint density at radius 1 is 0.353 bits per heavy atom. The molecule has 2 heteroatoms. The Hall–Kier alpha value is -6.64. The van der Waals surface area contributed by atoms with Gasteiger partial charge in [-0.1, -0.05) is 152 Å². The molecule has 1 aromatic heterocycles. The summed E-state index contributed by atoms with van der Waals surface area (Å²) in [5, 5.41) is 10.3. The molecule has 0 unspecified atom stereocenters. The number of hydrogen-bond acceptors (Lipinski definition) is 1. The zero-order valence-corrected chi connectivity index (χ0v) is 28.3. The van der Waals surface area contributed by atoms with E-state index >= 15 is 0 Å². The van der Waals surface area contributed by atoms with E-state index in [1.54, 1.807) is 0 Å². The van der Waals surface area contributed by atoms with Crippen LogP contribution < -0.4 is 4.90 Å². The quantitative estimate of drug-likeness (QED) is 0.168. The number of para-hydroxylation sites is 2. The number of fused-ring (bicyclic) bond motifs is 9. The SMILES string of the molecule is Cn1c2c(-c3ccc(-c4ccc(N(c5ccccc5)c5ccc6ccccc6c5)cc4)cc3)cccc2c2c3ccccc3c3ccccc3c21. The van der Waals surface area contributed by atoms with Crippen LogP contribution in [0.5, 0.6) is 0 Å². The second-order valence-electron chi connectivity index (χ2n) is 13.4. The van der Waals surface area contributed by atoms with Crippen LogP contribution in [0.25, 0.3) is 76.4 Å². The largest absolute Gasteiger partial charge is 0.343 e. The molecule has 51 heavy (non-hydrogen) atoms. The Labute approximate surface area is 297 Å². The molecule has 10 rings (SSSR count). The van der Waals surface area contributed by atoms with Crippen LogP contribution in [0.3, 0.4) is 0 Å². The van der Waals surface area contributed by atoms with E-state index in [2.05, 4.69) is 205 Å². The lowest BCUT2D eigenvalue weighted by Gasteiger charge is -2.26. The number of hydrogen-bond donors (Lipinski definition) is 0. The van der Waals surface area contributed by atoms with Crippen LogP contribution in [0.4, 0.5) is 17.1 Å². The van der Waals surface area contributed by atoms with E-state index in [9.17, 15) is 0 Å². The first-order valence-corrected chi connectivity index (χ1v) is 17.6. The molecule has 9 aromatic carbocycles. The van der Waals surface area contributed by atoms with Gasteiger partial charge in [0.15, 0.2) is 0 Å². The van der Waals surface area contributed by atoms with Gasteiger partial charge in [-0.2, -0.15) is 0 Å². The topological polar surface area (TPSA) is 8.17 Å². The first-order chi connectivity index (χ1) is 25.2. The monoisotopic (exact) mass is 650 g/mol. The molecule has 0 atom stereocenters. The van der Waals surface area contributed by atoms with Gasteiger partial charge in [-0.25, -0.2) is 0 Å². The molecule has 0 spiro atoms. The first-order valence-electron chi connectivity index (χ1n) is 17.6. The highest BCUT2D eigenvalue weighted by Gasteiger charge is 2.19. The number of benzene rings is 9. The van der Waals surface area contributed by atoms with Crippen LogP contribution in [0.15, 0.2) is 188 Å². The van der Waals surface area contributed by atoms with Crippen molar-refractivity contribution >= 4 is 71.2 Å². The number of anilines is 3. The van der Waals surface area contributed by atoms with Gasteiger partial charge in [0.2, 0.25) is 0 Å². The van der Waals surface area contributed by atoms with Crippen LogP contribution >= 0.6 is 0 Å². The zero-order chi connectivity index (χ0) is 33.9. The summed E-state index contributed by atoms with van der Waals surface area (Å²) in [6, 6.07) is 68.3. The van der Waals surface area contributed by atoms with Gasteiger partial charge in [0, 0.05) is 45.8 Å². The van der Waals surface area contributed by atoms with E-state index < -0.39 is 0 Å². The zero-order valence-electron chi connectivity index (χ0n) is 28.3. The maximum atomic E-state index is 2.41. The summed E-state index contributed by atoms with van der Waals surface area (Å²) >= 11 is 0. The summed E-state index contributed by atoms with van der Waals surface area (Å²) in [6.07, 6.45) is 0. The fraction of sp³-hybridized carbons (Fsp3) is 0.0204. The third-order valence-corrected chi connectivity index (χ3v) is 10.5. The van der Waals surface area contributed by atoms with Gasteiger partial charge in [0.25, 0.3) is 0 Å². The summed E-state index contributed by atoms with van der Waals surface area (Å²) in [5.41, 5.74) is 10.8. The van der Waals surface area contributed by atoms with Gasteiger partial charge in [0.1, 0.15) is 0 Å². The van der Waals surface area contributed by atoms with Gasteiger partial charge in [-0.05, 0) is 80.0 Å². The normalized spacial score (nSPS) is 11.6. The Balaban J connectivity index is 1.04. The number of nitrogens with zero attached hydrogens (tertiary/aromatic N) is 2. The standard InChI is InChI=1S/C49H34N2/c1-50-48-41(20-11-21-46(48)47-44-18-9-7-16-42(44)43-17-8-10-19-45(43)49(47)50)36-24-22-34(23-25-36)35-26-29-39(30-27-35)51(38-14-3-2-4-15-38)40-31-28-33-12-5-6-13-37(33)32-40/h2-32H,1H3. The van der Waals surface area contributed by atoms with E-state index in [4.69, 9.17) is 0 Å². The number of aromatic nitrogens is 1. The van der Waals surface area contributed by atoms with Gasteiger partial charge >= 0.3 is 0 Å². The summed E-state index contributed by atoms with van der Waals surface area (Å²) in [4.78, 5) is 2.33. The van der Waals surface area contributed by atoms with Crippen molar-refractivity contribution in [2.75, 3.05) is 4.90 Å². The predicted molar refractivity (Wildman–Crippen MR) is 218 cm³/mol. The van der Waals surface area contributed by atoms with Crippen LogP contribution in [0.2, 0.25) is 0 Å². The minimum atomic E-state index is 1.12. The molecule has 240 valence electrons. The Kier molecular flexibility index (Phi) is 6.75. The van der Waals surface area contributed by atoms with Crippen molar-refractivity contribution in [3.05, 3.63) is 188 Å². The summed E-state index contributed by atoms with van der Waals surface area (Å²) in [6.45, 7) is 0. The maximum absolute atomic E-state index is 2.41. The molecule has 2 nitrogen and oxygen atoms in total. The minimum Gasteiger partial charge on any atom is -0.343 e. The third-order valence-electron chi connectivity index (χ3n) is 10.5. The number of aryl methyl sites for hydroxylation is 1. The summed E-state index contributed by atoms with van der Waals surface area (Å²) < 4.78 is 2.41. The molecule has 0 N–H and O–H groups in total. The smallest absolute Gasteiger partial charge is 0.0575 e. The lowest BCUT2D eigenvalue weighted by atomic mass is 9.95. The van der Waals surface area contributed by atoms with Crippen LogP contribution in [-0.2, 0) is 7.05 Å². The number of rotatable bonds is 5.